The van der Waals surface area contributed by atoms with Gasteiger partial charge in [-0.1, -0.05) is 42.6 Å². The highest BCUT2D eigenvalue weighted by Gasteiger charge is 2.13. The summed E-state index contributed by atoms with van der Waals surface area (Å²) in [5.41, 5.74) is 0.727. The van der Waals surface area contributed by atoms with Gasteiger partial charge in [0.1, 0.15) is 5.82 Å². The Kier molecular flexibility index (Phi) is 7.01. The summed E-state index contributed by atoms with van der Waals surface area (Å²) in [5, 5.41) is 3.48. The average Bonchev–Trinajstić information content (AvgIpc) is 2.31. The fourth-order valence-electron chi connectivity index (χ4n) is 2.28. The Morgan fingerprint density at radius 2 is 1.84 bits per heavy atom. The predicted molar refractivity (Wildman–Crippen MR) is 83.8 cm³/mol. The summed E-state index contributed by atoms with van der Waals surface area (Å²) in [7, 11) is 0. The smallest absolute Gasteiger partial charge is 0.128 e. The first-order chi connectivity index (χ1) is 8.90. The van der Waals surface area contributed by atoms with Gasteiger partial charge in [0.25, 0.3) is 0 Å². The molecule has 0 fully saturated rings. The highest BCUT2D eigenvalue weighted by atomic mass is 79.9. The maximum Gasteiger partial charge on any atom is 0.128 e. The Morgan fingerprint density at radius 1 is 1.16 bits per heavy atom. The van der Waals surface area contributed by atoms with Crippen molar-refractivity contribution in [3.63, 3.8) is 0 Å². The van der Waals surface area contributed by atoms with Gasteiger partial charge in [-0.15, -0.1) is 0 Å². The fraction of sp³-hybridized carbons (Fsp3) is 0.625. The van der Waals surface area contributed by atoms with E-state index in [4.69, 9.17) is 0 Å². The summed E-state index contributed by atoms with van der Waals surface area (Å²) in [5.74, 6) is 0.615. The van der Waals surface area contributed by atoms with Gasteiger partial charge >= 0.3 is 0 Å². The zero-order valence-electron chi connectivity index (χ0n) is 12.3. The number of hydrogen-bond donors (Lipinski definition) is 1. The molecular formula is C16H25BrFN. The zero-order chi connectivity index (χ0) is 14.4. The zero-order valence-corrected chi connectivity index (χ0v) is 13.9. The van der Waals surface area contributed by atoms with Crippen LogP contribution in [0.3, 0.4) is 0 Å². The molecule has 0 amide bonds. The normalized spacial score (nSPS) is 14.7. The van der Waals surface area contributed by atoms with E-state index in [-0.39, 0.29) is 11.9 Å². The Hall–Kier alpha value is -0.410. The molecule has 2 unspecified atom stereocenters. The third-order valence-corrected chi connectivity index (χ3v) is 3.87. The van der Waals surface area contributed by atoms with Gasteiger partial charge in [-0.25, -0.2) is 4.39 Å². The second kappa shape index (κ2) is 8.01. The summed E-state index contributed by atoms with van der Waals surface area (Å²) < 4.78 is 14.7. The lowest BCUT2D eigenvalue weighted by molar-refractivity contribution is 0.416. The van der Waals surface area contributed by atoms with Crippen molar-refractivity contribution < 1.29 is 4.39 Å². The number of halogens is 2. The molecule has 0 aliphatic carbocycles. The molecule has 1 aromatic rings. The van der Waals surface area contributed by atoms with E-state index in [9.17, 15) is 4.39 Å². The van der Waals surface area contributed by atoms with Crippen molar-refractivity contribution in [2.24, 2.45) is 5.92 Å². The van der Waals surface area contributed by atoms with Gasteiger partial charge in [0.15, 0.2) is 0 Å². The molecular weight excluding hydrogens is 305 g/mol. The van der Waals surface area contributed by atoms with Crippen molar-refractivity contribution in [1.82, 2.24) is 5.32 Å². The van der Waals surface area contributed by atoms with E-state index in [1.165, 1.54) is 18.9 Å². The molecule has 0 radical (unpaired) electrons. The van der Waals surface area contributed by atoms with Crippen molar-refractivity contribution in [3.8, 4) is 0 Å². The molecule has 0 heterocycles. The molecule has 0 spiro atoms. The molecule has 108 valence electrons. The van der Waals surface area contributed by atoms with E-state index in [0.29, 0.717) is 6.04 Å². The monoisotopic (exact) mass is 329 g/mol. The summed E-state index contributed by atoms with van der Waals surface area (Å²) in [6, 6.07) is 5.55. The lowest BCUT2D eigenvalue weighted by atomic mass is 10.0. The maximum absolute atomic E-state index is 13.8. The van der Waals surface area contributed by atoms with Gasteiger partial charge in [0, 0.05) is 22.1 Å². The van der Waals surface area contributed by atoms with E-state index in [2.05, 4.69) is 42.0 Å². The van der Waals surface area contributed by atoms with Crippen LogP contribution >= 0.6 is 15.9 Å². The van der Waals surface area contributed by atoms with Crippen LogP contribution in [0.1, 0.15) is 58.6 Å². The third kappa shape index (κ3) is 6.05. The van der Waals surface area contributed by atoms with Crippen molar-refractivity contribution in [1.29, 1.82) is 0 Å². The Labute approximate surface area is 125 Å². The van der Waals surface area contributed by atoms with Crippen molar-refractivity contribution in [2.45, 2.75) is 59.0 Å². The van der Waals surface area contributed by atoms with E-state index in [1.807, 2.05) is 13.0 Å². The molecule has 1 aromatic carbocycles. The first-order valence-electron chi connectivity index (χ1n) is 7.11. The molecule has 19 heavy (non-hydrogen) atoms. The average molecular weight is 330 g/mol. The van der Waals surface area contributed by atoms with E-state index < -0.39 is 0 Å². The SMILES string of the molecule is CC(C)CCCC(C)NC(C)c1cc(Br)ccc1F. The van der Waals surface area contributed by atoms with Gasteiger partial charge in [0.2, 0.25) is 0 Å². The molecule has 0 aliphatic rings. The molecule has 0 bridgehead atoms. The van der Waals surface area contributed by atoms with E-state index >= 15 is 0 Å². The van der Waals surface area contributed by atoms with Crippen LogP contribution in [0.15, 0.2) is 22.7 Å². The van der Waals surface area contributed by atoms with Crippen molar-refractivity contribution in [3.05, 3.63) is 34.1 Å². The van der Waals surface area contributed by atoms with Crippen LogP contribution in [0.2, 0.25) is 0 Å². The van der Waals surface area contributed by atoms with Crippen LogP contribution in [-0.2, 0) is 0 Å². The van der Waals surface area contributed by atoms with E-state index in [1.54, 1.807) is 6.07 Å². The highest BCUT2D eigenvalue weighted by molar-refractivity contribution is 9.10. The molecule has 0 saturated carbocycles. The number of rotatable bonds is 7. The summed E-state index contributed by atoms with van der Waals surface area (Å²) >= 11 is 3.39. The standard InChI is InChI=1S/C16H25BrFN/c1-11(2)6-5-7-12(3)19-13(4)15-10-14(17)8-9-16(15)18/h8-13,19H,5-7H2,1-4H3. The van der Waals surface area contributed by atoms with Crippen LogP contribution in [-0.4, -0.2) is 6.04 Å². The first-order valence-corrected chi connectivity index (χ1v) is 7.90. The Morgan fingerprint density at radius 3 is 2.47 bits per heavy atom. The molecule has 0 aromatic heterocycles. The Bertz CT molecular complexity index is 392. The number of benzene rings is 1. The minimum Gasteiger partial charge on any atom is -0.308 e. The number of hydrogen-bond acceptors (Lipinski definition) is 1. The van der Waals surface area contributed by atoms with E-state index in [0.717, 1.165) is 22.4 Å². The second-order valence-corrected chi connectivity index (χ2v) is 6.70. The predicted octanol–water partition coefficient (Wildman–Crippen LogP) is 5.45. The molecule has 0 saturated heterocycles. The first kappa shape index (κ1) is 16.6. The molecule has 1 nitrogen and oxygen atoms in total. The topological polar surface area (TPSA) is 12.0 Å². The number of nitrogens with one attached hydrogen (secondary N) is 1. The van der Waals surface area contributed by atoms with Crippen molar-refractivity contribution >= 4 is 15.9 Å². The van der Waals surface area contributed by atoms with Crippen molar-refractivity contribution in [2.75, 3.05) is 0 Å². The summed E-state index contributed by atoms with van der Waals surface area (Å²) in [4.78, 5) is 0. The maximum atomic E-state index is 13.8. The highest BCUT2D eigenvalue weighted by Crippen LogP contribution is 2.22. The summed E-state index contributed by atoms with van der Waals surface area (Å²) in [6.07, 6.45) is 3.61. The van der Waals surface area contributed by atoms with Crippen LogP contribution in [0.4, 0.5) is 4.39 Å². The van der Waals surface area contributed by atoms with Gasteiger partial charge < -0.3 is 5.32 Å². The minimum absolute atomic E-state index is 0.0338. The van der Waals surface area contributed by atoms with Crippen LogP contribution < -0.4 is 5.32 Å². The molecule has 2 atom stereocenters. The quantitative estimate of drug-likeness (QED) is 0.700. The molecule has 1 N–H and O–H groups in total. The minimum atomic E-state index is -0.141. The van der Waals surface area contributed by atoms with Gasteiger partial charge in [0.05, 0.1) is 0 Å². The molecule has 1 rings (SSSR count). The fourth-order valence-corrected chi connectivity index (χ4v) is 2.66. The van der Waals surface area contributed by atoms with Gasteiger partial charge in [-0.05, 0) is 44.4 Å². The largest absolute Gasteiger partial charge is 0.308 e. The lowest BCUT2D eigenvalue weighted by Gasteiger charge is -2.21. The summed E-state index contributed by atoms with van der Waals surface area (Å²) in [6.45, 7) is 8.69. The van der Waals surface area contributed by atoms with Gasteiger partial charge in [-0.2, -0.15) is 0 Å². The second-order valence-electron chi connectivity index (χ2n) is 5.78. The lowest BCUT2D eigenvalue weighted by Crippen LogP contribution is -2.29. The molecule has 0 aliphatic heterocycles. The van der Waals surface area contributed by atoms with Gasteiger partial charge in [-0.3, -0.25) is 0 Å². The third-order valence-electron chi connectivity index (χ3n) is 3.38. The van der Waals surface area contributed by atoms with Crippen LogP contribution in [0.5, 0.6) is 0 Å². The Balaban J connectivity index is 2.49. The van der Waals surface area contributed by atoms with Crippen LogP contribution in [0.25, 0.3) is 0 Å². The molecule has 3 heteroatoms. The van der Waals surface area contributed by atoms with Crippen LogP contribution in [0, 0.1) is 11.7 Å².